The minimum atomic E-state index is -0.708. The van der Waals surface area contributed by atoms with Gasteiger partial charge in [0, 0.05) is 4.88 Å². The van der Waals surface area contributed by atoms with Crippen molar-refractivity contribution in [3.05, 3.63) is 40.3 Å². The van der Waals surface area contributed by atoms with Gasteiger partial charge in [-0.3, -0.25) is 4.79 Å². The zero-order valence-electron chi connectivity index (χ0n) is 17.1. The Balaban J connectivity index is 1.83. The molecule has 2 aromatic rings. The van der Waals surface area contributed by atoms with E-state index in [-0.39, 0.29) is 11.9 Å². The van der Waals surface area contributed by atoms with Crippen LogP contribution in [0.3, 0.4) is 0 Å². The third kappa shape index (κ3) is 4.72. The lowest BCUT2D eigenvalue weighted by Crippen LogP contribution is -2.32. The topological polar surface area (TPSA) is 73.9 Å². The minimum absolute atomic E-state index is 0.289. The highest BCUT2D eigenvalue weighted by molar-refractivity contribution is 7.17. The van der Waals surface area contributed by atoms with Crippen LogP contribution in [0, 0.1) is 0 Å². The summed E-state index contributed by atoms with van der Waals surface area (Å²) in [5.74, 6) is 0.411. The van der Waals surface area contributed by atoms with E-state index in [4.69, 9.17) is 14.2 Å². The first-order valence-electron chi connectivity index (χ1n) is 10.0. The first kappa shape index (κ1) is 21.2. The van der Waals surface area contributed by atoms with Gasteiger partial charge < -0.3 is 19.5 Å². The summed E-state index contributed by atoms with van der Waals surface area (Å²) >= 11 is 1.47. The fraction of sp³-hybridized carbons (Fsp3) is 0.455. The summed E-state index contributed by atoms with van der Waals surface area (Å²) < 4.78 is 16.5. The van der Waals surface area contributed by atoms with E-state index in [1.807, 2.05) is 19.1 Å². The van der Waals surface area contributed by atoms with Gasteiger partial charge >= 0.3 is 5.97 Å². The summed E-state index contributed by atoms with van der Waals surface area (Å²) in [7, 11) is 1.56. The van der Waals surface area contributed by atoms with E-state index in [1.54, 1.807) is 26.2 Å². The van der Waals surface area contributed by atoms with Gasteiger partial charge in [0.25, 0.3) is 5.91 Å². The first-order chi connectivity index (χ1) is 14.1. The number of para-hydroxylation sites is 2. The van der Waals surface area contributed by atoms with Crippen molar-refractivity contribution in [1.82, 2.24) is 0 Å². The zero-order valence-corrected chi connectivity index (χ0v) is 17.9. The Kier molecular flexibility index (Phi) is 7.14. The van der Waals surface area contributed by atoms with Crippen LogP contribution < -0.4 is 14.8 Å². The molecule has 0 saturated carbocycles. The molecule has 1 atom stereocenters. The number of nitrogens with one attached hydrogen (secondary N) is 1. The van der Waals surface area contributed by atoms with Crippen molar-refractivity contribution < 1.29 is 23.8 Å². The molecule has 7 heteroatoms. The Morgan fingerprint density at radius 1 is 1.14 bits per heavy atom. The van der Waals surface area contributed by atoms with Crippen molar-refractivity contribution >= 4 is 28.2 Å². The summed E-state index contributed by atoms with van der Waals surface area (Å²) in [6.45, 7) is 3.96. The third-order valence-electron chi connectivity index (χ3n) is 4.89. The number of aryl methyl sites for hydroxylation is 1. The zero-order chi connectivity index (χ0) is 20.8. The predicted octanol–water partition coefficient (Wildman–Crippen LogP) is 4.61. The SMILES string of the molecule is CCOC(=O)c1c(NC(=O)[C@@H](CC)Oc2ccccc2OC)sc2c1CCCC2. The Bertz CT molecular complexity index is 876. The summed E-state index contributed by atoms with van der Waals surface area (Å²) in [5, 5.41) is 3.49. The number of amides is 1. The van der Waals surface area contributed by atoms with Crippen LogP contribution >= 0.6 is 11.3 Å². The Hall–Kier alpha value is -2.54. The van der Waals surface area contributed by atoms with Gasteiger partial charge in [-0.05, 0) is 56.7 Å². The number of fused-ring (bicyclic) bond motifs is 1. The van der Waals surface area contributed by atoms with Crippen molar-refractivity contribution in [2.75, 3.05) is 19.0 Å². The van der Waals surface area contributed by atoms with Gasteiger partial charge in [-0.15, -0.1) is 11.3 Å². The number of ether oxygens (including phenoxy) is 3. The number of hydrogen-bond donors (Lipinski definition) is 1. The average Bonchev–Trinajstić information content (AvgIpc) is 3.10. The van der Waals surface area contributed by atoms with Gasteiger partial charge in [0.1, 0.15) is 5.00 Å². The van der Waals surface area contributed by atoms with E-state index in [2.05, 4.69) is 5.32 Å². The Morgan fingerprint density at radius 3 is 2.55 bits per heavy atom. The van der Waals surface area contributed by atoms with Gasteiger partial charge in [0.05, 0.1) is 19.3 Å². The predicted molar refractivity (Wildman–Crippen MR) is 113 cm³/mol. The fourth-order valence-corrected chi connectivity index (χ4v) is 4.74. The molecule has 1 heterocycles. The second-order valence-corrected chi connectivity index (χ2v) is 7.90. The Morgan fingerprint density at radius 2 is 1.86 bits per heavy atom. The van der Waals surface area contributed by atoms with Crippen LogP contribution in [0.25, 0.3) is 0 Å². The number of carbonyl (C=O) groups excluding carboxylic acids is 2. The molecule has 1 aliphatic carbocycles. The van der Waals surface area contributed by atoms with Crippen LogP contribution in [0.2, 0.25) is 0 Å². The van der Waals surface area contributed by atoms with Crippen molar-refractivity contribution in [2.24, 2.45) is 0 Å². The molecular formula is C22H27NO5S. The monoisotopic (exact) mass is 417 g/mol. The first-order valence-corrected chi connectivity index (χ1v) is 10.8. The van der Waals surface area contributed by atoms with Gasteiger partial charge in [0.15, 0.2) is 17.6 Å². The normalized spacial score (nSPS) is 13.9. The van der Waals surface area contributed by atoms with Crippen LogP contribution in [0.4, 0.5) is 5.00 Å². The average molecular weight is 418 g/mol. The maximum atomic E-state index is 13.0. The minimum Gasteiger partial charge on any atom is -0.493 e. The molecule has 1 N–H and O–H groups in total. The van der Waals surface area contributed by atoms with E-state index >= 15 is 0 Å². The maximum absolute atomic E-state index is 13.0. The largest absolute Gasteiger partial charge is 0.493 e. The van der Waals surface area contributed by atoms with Crippen LogP contribution in [0.15, 0.2) is 24.3 Å². The highest BCUT2D eigenvalue weighted by Crippen LogP contribution is 2.39. The van der Waals surface area contributed by atoms with Crippen molar-refractivity contribution in [1.29, 1.82) is 0 Å². The molecule has 0 aliphatic heterocycles. The van der Waals surface area contributed by atoms with E-state index in [9.17, 15) is 9.59 Å². The number of rotatable bonds is 8. The van der Waals surface area contributed by atoms with Gasteiger partial charge in [0.2, 0.25) is 0 Å². The van der Waals surface area contributed by atoms with E-state index in [1.165, 1.54) is 11.3 Å². The number of esters is 1. The fourth-order valence-electron chi connectivity index (χ4n) is 3.46. The molecule has 29 heavy (non-hydrogen) atoms. The molecule has 156 valence electrons. The van der Waals surface area contributed by atoms with E-state index < -0.39 is 6.10 Å². The van der Waals surface area contributed by atoms with Crippen molar-refractivity contribution in [3.8, 4) is 11.5 Å². The molecule has 1 aromatic heterocycles. The second kappa shape index (κ2) is 9.78. The quantitative estimate of drug-likeness (QED) is 0.635. The summed E-state index contributed by atoms with van der Waals surface area (Å²) in [6.07, 6.45) is 3.67. The van der Waals surface area contributed by atoms with Gasteiger partial charge in [-0.25, -0.2) is 4.79 Å². The van der Waals surface area contributed by atoms with Gasteiger partial charge in [-0.1, -0.05) is 19.1 Å². The smallest absolute Gasteiger partial charge is 0.341 e. The lowest BCUT2D eigenvalue weighted by molar-refractivity contribution is -0.122. The molecule has 1 aliphatic rings. The number of benzene rings is 1. The molecule has 0 bridgehead atoms. The Labute approximate surface area is 175 Å². The van der Waals surface area contributed by atoms with Crippen molar-refractivity contribution in [2.45, 2.75) is 52.1 Å². The van der Waals surface area contributed by atoms with E-state index in [0.29, 0.717) is 35.1 Å². The lowest BCUT2D eigenvalue weighted by Gasteiger charge is -2.19. The van der Waals surface area contributed by atoms with Crippen LogP contribution in [0.5, 0.6) is 11.5 Å². The lowest BCUT2D eigenvalue weighted by atomic mass is 9.95. The van der Waals surface area contributed by atoms with Crippen molar-refractivity contribution in [3.63, 3.8) is 0 Å². The molecule has 6 nitrogen and oxygen atoms in total. The number of carbonyl (C=O) groups is 2. The highest BCUT2D eigenvalue weighted by Gasteiger charge is 2.29. The summed E-state index contributed by atoms with van der Waals surface area (Å²) in [5.41, 5.74) is 1.53. The third-order valence-corrected chi connectivity index (χ3v) is 6.10. The molecule has 0 spiro atoms. The molecule has 0 unspecified atom stereocenters. The standard InChI is InChI=1S/C22H27NO5S/c1-4-15(28-17-12-8-7-11-16(17)26-3)20(24)23-21-19(22(25)27-5-2)14-10-6-9-13-18(14)29-21/h7-8,11-12,15H,4-6,9-10,13H2,1-3H3,(H,23,24)/t15-/m1/s1. The second-order valence-electron chi connectivity index (χ2n) is 6.79. The molecular weight excluding hydrogens is 390 g/mol. The molecule has 0 radical (unpaired) electrons. The van der Waals surface area contributed by atoms with E-state index in [0.717, 1.165) is 36.1 Å². The van der Waals surface area contributed by atoms with Crippen LogP contribution in [-0.2, 0) is 22.4 Å². The maximum Gasteiger partial charge on any atom is 0.341 e. The van der Waals surface area contributed by atoms with Crippen LogP contribution in [-0.4, -0.2) is 31.7 Å². The molecule has 1 amide bonds. The molecule has 0 saturated heterocycles. The molecule has 1 aromatic carbocycles. The molecule has 0 fully saturated rings. The highest BCUT2D eigenvalue weighted by atomic mass is 32.1. The number of methoxy groups -OCH3 is 1. The van der Waals surface area contributed by atoms with Gasteiger partial charge in [-0.2, -0.15) is 0 Å². The number of hydrogen-bond acceptors (Lipinski definition) is 6. The summed E-state index contributed by atoms with van der Waals surface area (Å²) in [6, 6.07) is 7.22. The summed E-state index contributed by atoms with van der Waals surface area (Å²) in [4.78, 5) is 26.7. The number of thiophene rings is 1. The number of anilines is 1. The van der Waals surface area contributed by atoms with Crippen LogP contribution in [0.1, 0.15) is 53.9 Å². The molecule has 3 rings (SSSR count).